The van der Waals surface area contributed by atoms with Gasteiger partial charge in [0, 0.05) is 11.9 Å². The molecule has 0 saturated heterocycles. The molecule has 0 aromatic carbocycles. The van der Waals surface area contributed by atoms with Crippen LogP contribution in [0.25, 0.3) is 0 Å². The lowest BCUT2D eigenvalue weighted by Crippen LogP contribution is -2.42. The molecule has 0 aliphatic carbocycles. The molecule has 1 aromatic rings. The number of aromatic amines is 1. The molecule has 0 radical (unpaired) electrons. The van der Waals surface area contributed by atoms with Crippen LogP contribution in [-0.4, -0.2) is 23.3 Å². The predicted octanol–water partition coefficient (Wildman–Crippen LogP) is -0.875. The van der Waals surface area contributed by atoms with Crippen LogP contribution in [0.15, 0.2) is 12.5 Å². The number of aromatic nitrogens is 2. The molecule has 0 aliphatic rings. The van der Waals surface area contributed by atoms with Crippen molar-refractivity contribution in [1.29, 1.82) is 0 Å². The molecule has 0 unspecified atom stereocenters. The summed E-state index contributed by atoms with van der Waals surface area (Å²) in [5.74, 6) is 0. The van der Waals surface area contributed by atoms with Crippen molar-refractivity contribution in [2.45, 2.75) is 13.2 Å². The van der Waals surface area contributed by atoms with Crippen molar-refractivity contribution < 1.29 is 0 Å². The van der Waals surface area contributed by atoms with Crippen LogP contribution in [0.2, 0.25) is 0 Å². The highest BCUT2D eigenvalue weighted by atomic mass is 15.1. The average molecular weight is 157 g/mol. The fraction of sp³-hybridized carbons (Fsp3) is 0.500. The first-order valence-electron chi connectivity index (χ1n) is 3.30. The number of H-pyrrole nitrogens is 1. The second kappa shape index (κ2) is 5.84. The minimum absolute atomic E-state index is 0.366. The van der Waals surface area contributed by atoms with Gasteiger partial charge < -0.3 is 16.5 Å². The zero-order valence-corrected chi connectivity index (χ0v) is 6.83. The van der Waals surface area contributed by atoms with E-state index in [9.17, 15) is 0 Å². The molecule has 0 amide bonds. The van der Waals surface area contributed by atoms with Gasteiger partial charge in [-0.1, -0.05) is 0 Å². The van der Waals surface area contributed by atoms with Crippen molar-refractivity contribution in [3.63, 3.8) is 0 Å². The number of hydrogen-bond acceptors (Lipinski definition) is 4. The lowest BCUT2D eigenvalue weighted by Gasteiger charge is -1.96. The van der Waals surface area contributed by atoms with Gasteiger partial charge in [-0.15, -0.1) is 0 Å². The zero-order valence-electron chi connectivity index (χ0n) is 6.83. The van der Waals surface area contributed by atoms with E-state index in [1.807, 2.05) is 6.92 Å². The fourth-order valence-electron chi connectivity index (χ4n) is 0.325. The van der Waals surface area contributed by atoms with Gasteiger partial charge in [0.2, 0.25) is 0 Å². The maximum absolute atomic E-state index is 4.96. The van der Waals surface area contributed by atoms with E-state index in [1.165, 1.54) is 0 Å². The van der Waals surface area contributed by atoms with Gasteiger partial charge in [-0.2, -0.15) is 0 Å². The van der Waals surface area contributed by atoms with Gasteiger partial charge in [0.05, 0.1) is 6.33 Å². The van der Waals surface area contributed by atoms with E-state index in [-0.39, 0.29) is 6.29 Å². The standard InChI is InChI=1S/C4H6N2.C2H9N3/c1-4-2-5-3-6-4;1-5-2(3)4/h2-3H,1H3,(H,5,6);2,5H,3-4H2,1H3. The van der Waals surface area contributed by atoms with E-state index in [2.05, 4.69) is 15.3 Å². The smallest absolute Gasteiger partial charge is 0.106 e. The maximum atomic E-state index is 4.96. The van der Waals surface area contributed by atoms with E-state index in [0.29, 0.717) is 0 Å². The van der Waals surface area contributed by atoms with Gasteiger partial charge in [0.1, 0.15) is 6.29 Å². The van der Waals surface area contributed by atoms with E-state index in [1.54, 1.807) is 19.6 Å². The molecule has 0 fully saturated rings. The summed E-state index contributed by atoms with van der Waals surface area (Å²) in [4.78, 5) is 6.66. The molecule has 64 valence electrons. The fourth-order valence-corrected chi connectivity index (χ4v) is 0.325. The van der Waals surface area contributed by atoms with Crippen molar-refractivity contribution in [3.8, 4) is 0 Å². The summed E-state index contributed by atoms with van der Waals surface area (Å²) >= 11 is 0. The van der Waals surface area contributed by atoms with E-state index in [4.69, 9.17) is 11.5 Å². The monoisotopic (exact) mass is 157 g/mol. The Morgan fingerprint density at radius 3 is 2.27 bits per heavy atom. The van der Waals surface area contributed by atoms with Crippen molar-refractivity contribution in [1.82, 2.24) is 15.3 Å². The van der Waals surface area contributed by atoms with Gasteiger partial charge in [0.25, 0.3) is 0 Å². The Bertz CT molecular complexity index is 157. The van der Waals surface area contributed by atoms with Crippen LogP contribution < -0.4 is 16.8 Å². The van der Waals surface area contributed by atoms with Crippen molar-refractivity contribution in [2.75, 3.05) is 7.05 Å². The summed E-state index contributed by atoms with van der Waals surface area (Å²) in [6.45, 7) is 1.97. The number of aryl methyl sites for hydroxylation is 1. The Balaban J connectivity index is 0.000000187. The Hall–Kier alpha value is -0.910. The minimum atomic E-state index is -0.366. The van der Waals surface area contributed by atoms with E-state index < -0.39 is 0 Å². The predicted molar refractivity (Wildman–Crippen MR) is 44.5 cm³/mol. The molecule has 5 heteroatoms. The average Bonchev–Trinajstić information content (AvgIpc) is 2.41. The first kappa shape index (κ1) is 10.1. The van der Waals surface area contributed by atoms with Crippen molar-refractivity contribution in [3.05, 3.63) is 18.2 Å². The molecule has 1 aromatic heterocycles. The summed E-state index contributed by atoms with van der Waals surface area (Å²) in [7, 11) is 1.70. The van der Waals surface area contributed by atoms with Gasteiger partial charge in [-0.25, -0.2) is 4.98 Å². The number of rotatable bonds is 1. The van der Waals surface area contributed by atoms with Crippen LogP contribution in [0.4, 0.5) is 0 Å². The molecule has 1 rings (SSSR count). The third-order valence-electron chi connectivity index (χ3n) is 0.968. The zero-order chi connectivity index (χ0) is 8.69. The molecular formula is C6H15N5. The Kier molecular flexibility index (Phi) is 5.36. The van der Waals surface area contributed by atoms with Gasteiger partial charge in [-0.3, -0.25) is 5.32 Å². The summed E-state index contributed by atoms with van der Waals surface area (Å²) < 4.78 is 0. The lowest BCUT2D eigenvalue weighted by atomic mass is 10.6. The molecular weight excluding hydrogens is 142 g/mol. The summed E-state index contributed by atoms with van der Waals surface area (Å²) in [5, 5.41) is 2.58. The first-order valence-corrected chi connectivity index (χ1v) is 3.30. The Morgan fingerprint density at radius 2 is 2.18 bits per heavy atom. The van der Waals surface area contributed by atoms with Crippen LogP contribution in [-0.2, 0) is 0 Å². The first-order chi connectivity index (χ1) is 5.16. The third-order valence-corrected chi connectivity index (χ3v) is 0.968. The molecule has 5 nitrogen and oxygen atoms in total. The van der Waals surface area contributed by atoms with Crippen LogP contribution >= 0.6 is 0 Å². The summed E-state index contributed by atoms with van der Waals surface area (Å²) in [5.41, 5.74) is 11.0. The number of imidazole rings is 1. The topological polar surface area (TPSA) is 92.8 Å². The quantitative estimate of drug-likeness (QED) is 0.398. The Morgan fingerprint density at radius 1 is 1.64 bits per heavy atom. The third kappa shape index (κ3) is 6.98. The molecule has 6 N–H and O–H groups in total. The second-order valence-electron chi connectivity index (χ2n) is 2.05. The van der Waals surface area contributed by atoms with Crippen molar-refractivity contribution in [2.24, 2.45) is 11.5 Å². The van der Waals surface area contributed by atoms with E-state index >= 15 is 0 Å². The lowest BCUT2D eigenvalue weighted by molar-refractivity contribution is 0.610. The largest absolute Gasteiger partial charge is 0.349 e. The Labute approximate surface area is 66.2 Å². The van der Waals surface area contributed by atoms with E-state index in [0.717, 1.165) is 5.69 Å². The van der Waals surface area contributed by atoms with Crippen LogP contribution in [0.3, 0.4) is 0 Å². The normalized spacial score (nSPS) is 9.18. The molecule has 0 spiro atoms. The van der Waals surface area contributed by atoms with Gasteiger partial charge in [-0.05, 0) is 14.0 Å². The van der Waals surface area contributed by atoms with Gasteiger partial charge in [0.15, 0.2) is 0 Å². The molecule has 0 saturated carbocycles. The molecule has 1 heterocycles. The summed E-state index contributed by atoms with van der Waals surface area (Å²) in [6, 6.07) is 0. The second-order valence-corrected chi connectivity index (χ2v) is 2.05. The number of nitrogens with one attached hydrogen (secondary N) is 2. The molecule has 0 atom stereocenters. The highest BCUT2D eigenvalue weighted by Crippen LogP contribution is 1.81. The van der Waals surface area contributed by atoms with Crippen molar-refractivity contribution >= 4 is 0 Å². The highest BCUT2D eigenvalue weighted by Gasteiger charge is 1.76. The number of hydrogen-bond donors (Lipinski definition) is 4. The SMILES string of the molecule is CNC(N)N.Cc1cnc[nH]1. The molecule has 11 heavy (non-hydrogen) atoms. The van der Waals surface area contributed by atoms with Gasteiger partial charge >= 0.3 is 0 Å². The van der Waals surface area contributed by atoms with Crippen LogP contribution in [0.5, 0.6) is 0 Å². The van der Waals surface area contributed by atoms with Crippen LogP contribution in [0, 0.1) is 6.92 Å². The maximum Gasteiger partial charge on any atom is 0.106 e. The molecule has 0 bridgehead atoms. The highest BCUT2D eigenvalue weighted by molar-refractivity contribution is 4.87. The number of nitrogens with zero attached hydrogens (tertiary/aromatic N) is 1. The minimum Gasteiger partial charge on any atom is -0.349 e. The van der Waals surface area contributed by atoms with Crippen LogP contribution in [0.1, 0.15) is 5.69 Å². The number of nitrogens with two attached hydrogens (primary N) is 2. The summed E-state index contributed by atoms with van der Waals surface area (Å²) in [6.07, 6.45) is 3.07. The molecule has 0 aliphatic heterocycles.